The molecule has 1 saturated heterocycles. The van der Waals surface area contributed by atoms with Crippen LogP contribution in [0.15, 0.2) is 0 Å². The SMILES string of the molecule is CCC(C)c1nc(N2CCOC3CCCC32)sc1CO. The largest absolute Gasteiger partial charge is 0.391 e. The van der Waals surface area contributed by atoms with Gasteiger partial charge in [0.15, 0.2) is 5.13 Å². The van der Waals surface area contributed by atoms with Crippen molar-refractivity contribution in [3.63, 3.8) is 0 Å². The number of rotatable bonds is 4. The molecule has 112 valence electrons. The Labute approximate surface area is 124 Å². The lowest BCUT2D eigenvalue weighted by atomic mass is 10.0. The van der Waals surface area contributed by atoms with Crippen molar-refractivity contribution in [1.29, 1.82) is 0 Å². The van der Waals surface area contributed by atoms with Gasteiger partial charge in [0.05, 0.1) is 35.9 Å². The fourth-order valence-corrected chi connectivity index (χ4v) is 4.45. The maximum absolute atomic E-state index is 9.59. The Morgan fingerprint density at radius 2 is 2.35 bits per heavy atom. The van der Waals surface area contributed by atoms with Gasteiger partial charge < -0.3 is 14.7 Å². The summed E-state index contributed by atoms with van der Waals surface area (Å²) in [6.45, 7) is 6.20. The van der Waals surface area contributed by atoms with Gasteiger partial charge in [0.1, 0.15) is 0 Å². The number of aromatic nitrogens is 1. The summed E-state index contributed by atoms with van der Waals surface area (Å²) in [6, 6.07) is 0.492. The van der Waals surface area contributed by atoms with E-state index in [1.54, 1.807) is 11.3 Å². The van der Waals surface area contributed by atoms with Crippen LogP contribution in [0.1, 0.15) is 56.0 Å². The summed E-state index contributed by atoms with van der Waals surface area (Å²) in [7, 11) is 0. The van der Waals surface area contributed by atoms with Crippen LogP contribution in [0, 0.1) is 0 Å². The van der Waals surface area contributed by atoms with Gasteiger partial charge in [0, 0.05) is 6.54 Å². The van der Waals surface area contributed by atoms with E-state index < -0.39 is 0 Å². The minimum absolute atomic E-state index is 0.107. The van der Waals surface area contributed by atoms with E-state index >= 15 is 0 Å². The van der Waals surface area contributed by atoms with Crippen LogP contribution in [-0.2, 0) is 11.3 Å². The monoisotopic (exact) mass is 296 g/mol. The first-order valence-electron chi connectivity index (χ1n) is 7.73. The molecule has 0 aromatic carbocycles. The van der Waals surface area contributed by atoms with E-state index in [4.69, 9.17) is 9.72 Å². The summed E-state index contributed by atoms with van der Waals surface area (Å²) in [5, 5.41) is 10.7. The lowest BCUT2D eigenvalue weighted by Gasteiger charge is -2.37. The fraction of sp³-hybridized carbons (Fsp3) is 0.800. The molecule has 1 saturated carbocycles. The Morgan fingerprint density at radius 1 is 1.50 bits per heavy atom. The van der Waals surface area contributed by atoms with E-state index in [2.05, 4.69) is 18.7 Å². The number of fused-ring (bicyclic) bond motifs is 1. The van der Waals surface area contributed by atoms with E-state index in [1.165, 1.54) is 19.3 Å². The highest BCUT2D eigenvalue weighted by molar-refractivity contribution is 7.15. The van der Waals surface area contributed by atoms with Crippen LogP contribution in [-0.4, -0.2) is 35.4 Å². The second-order valence-electron chi connectivity index (χ2n) is 5.87. The highest BCUT2D eigenvalue weighted by atomic mass is 32.1. The summed E-state index contributed by atoms with van der Waals surface area (Å²) in [4.78, 5) is 8.33. The first-order chi connectivity index (χ1) is 9.74. The lowest BCUT2D eigenvalue weighted by Crippen LogP contribution is -2.48. The Balaban J connectivity index is 1.87. The number of nitrogens with zero attached hydrogens (tertiary/aromatic N) is 2. The second-order valence-corrected chi connectivity index (χ2v) is 6.94. The molecule has 0 radical (unpaired) electrons. The van der Waals surface area contributed by atoms with Crippen LogP contribution in [0.5, 0.6) is 0 Å². The molecule has 1 aliphatic carbocycles. The van der Waals surface area contributed by atoms with Gasteiger partial charge in [0.2, 0.25) is 0 Å². The van der Waals surface area contributed by atoms with Gasteiger partial charge in [-0.1, -0.05) is 25.2 Å². The van der Waals surface area contributed by atoms with Gasteiger partial charge in [-0.05, 0) is 31.6 Å². The van der Waals surface area contributed by atoms with E-state index in [0.29, 0.717) is 18.1 Å². The summed E-state index contributed by atoms with van der Waals surface area (Å²) >= 11 is 1.67. The normalized spacial score (nSPS) is 27.6. The molecule has 3 atom stereocenters. The van der Waals surface area contributed by atoms with Crippen LogP contribution < -0.4 is 4.90 Å². The van der Waals surface area contributed by atoms with Crippen molar-refractivity contribution in [3.05, 3.63) is 10.6 Å². The molecule has 1 aromatic rings. The number of thiazole rings is 1. The standard InChI is InChI=1S/C15H24N2O2S/c1-3-10(2)14-13(9-18)20-15(16-14)17-7-8-19-12-6-4-5-11(12)17/h10-12,18H,3-9H2,1-2H3. The Kier molecular flexibility index (Phi) is 4.29. The van der Waals surface area contributed by atoms with Crippen LogP contribution in [0.2, 0.25) is 0 Å². The molecule has 1 aliphatic heterocycles. The summed E-state index contributed by atoms with van der Waals surface area (Å²) < 4.78 is 5.87. The molecule has 5 heteroatoms. The molecule has 2 aliphatic rings. The summed E-state index contributed by atoms with van der Waals surface area (Å²) in [5.74, 6) is 0.419. The average Bonchev–Trinajstić information content (AvgIpc) is 3.12. The van der Waals surface area contributed by atoms with Crippen molar-refractivity contribution >= 4 is 16.5 Å². The van der Waals surface area contributed by atoms with Crippen LogP contribution in [0.4, 0.5) is 5.13 Å². The minimum Gasteiger partial charge on any atom is -0.391 e. The van der Waals surface area contributed by atoms with Crippen LogP contribution in [0.3, 0.4) is 0 Å². The molecule has 3 rings (SSSR count). The van der Waals surface area contributed by atoms with Crippen molar-refractivity contribution in [1.82, 2.24) is 4.98 Å². The van der Waals surface area contributed by atoms with Gasteiger partial charge in [-0.25, -0.2) is 4.98 Å². The van der Waals surface area contributed by atoms with Crippen molar-refractivity contribution in [2.75, 3.05) is 18.1 Å². The highest BCUT2D eigenvalue weighted by Crippen LogP contribution is 2.38. The molecule has 3 unspecified atom stereocenters. The predicted octanol–water partition coefficient (Wildman–Crippen LogP) is 2.91. The van der Waals surface area contributed by atoms with Crippen molar-refractivity contribution in [2.45, 2.75) is 64.2 Å². The van der Waals surface area contributed by atoms with Crippen molar-refractivity contribution in [3.8, 4) is 0 Å². The molecular formula is C15H24N2O2S. The van der Waals surface area contributed by atoms with E-state index in [-0.39, 0.29) is 6.61 Å². The molecule has 4 nitrogen and oxygen atoms in total. The quantitative estimate of drug-likeness (QED) is 0.928. The third-order valence-corrected chi connectivity index (χ3v) is 5.76. The van der Waals surface area contributed by atoms with Gasteiger partial charge in [-0.3, -0.25) is 0 Å². The molecule has 20 heavy (non-hydrogen) atoms. The van der Waals surface area contributed by atoms with Gasteiger partial charge in [-0.15, -0.1) is 0 Å². The van der Waals surface area contributed by atoms with Crippen molar-refractivity contribution in [2.24, 2.45) is 0 Å². The van der Waals surface area contributed by atoms with Gasteiger partial charge >= 0.3 is 0 Å². The van der Waals surface area contributed by atoms with E-state index in [1.807, 2.05) is 0 Å². The molecular weight excluding hydrogens is 272 g/mol. The number of aliphatic hydroxyl groups excluding tert-OH is 1. The Bertz CT molecular complexity index is 463. The molecule has 0 spiro atoms. The van der Waals surface area contributed by atoms with Crippen molar-refractivity contribution < 1.29 is 9.84 Å². The average molecular weight is 296 g/mol. The molecule has 1 aromatic heterocycles. The zero-order valence-corrected chi connectivity index (χ0v) is 13.2. The Morgan fingerprint density at radius 3 is 3.10 bits per heavy atom. The first-order valence-corrected chi connectivity index (χ1v) is 8.55. The predicted molar refractivity (Wildman–Crippen MR) is 81.5 cm³/mol. The van der Waals surface area contributed by atoms with Crippen LogP contribution >= 0.6 is 11.3 Å². The number of hydrogen-bond acceptors (Lipinski definition) is 5. The van der Waals surface area contributed by atoms with E-state index in [0.717, 1.165) is 35.3 Å². The molecule has 2 fully saturated rings. The zero-order valence-electron chi connectivity index (χ0n) is 12.3. The highest BCUT2D eigenvalue weighted by Gasteiger charge is 2.37. The molecule has 1 N–H and O–H groups in total. The fourth-order valence-electron chi connectivity index (χ4n) is 3.33. The number of ether oxygens (including phenoxy) is 1. The van der Waals surface area contributed by atoms with Gasteiger partial charge in [-0.2, -0.15) is 0 Å². The third kappa shape index (κ3) is 2.47. The number of hydrogen-bond donors (Lipinski definition) is 1. The lowest BCUT2D eigenvalue weighted by molar-refractivity contribution is 0.0256. The first kappa shape index (κ1) is 14.3. The maximum atomic E-state index is 9.59. The number of anilines is 1. The number of aliphatic hydroxyl groups is 1. The summed E-state index contributed by atoms with van der Waals surface area (Å²) in [6.07, 6.45) is 5.08. The maximum Gasteiger partial charge on any atom is 0.186 e. The Hall–Kier alpha value is -0.650. The van der Waals surface area contributed by atoms with E-state index in [9.17, 15) is 5.11 Å². The molecule has 2 heterocycles. The molecule has 0 amide bonds. The summed E-state index contributed by atoms with van der Waals surface area (Å²) in [5.41, 5.74) is 1.09. The zero-order chi connectivity index (χ0) is 14.1. The smallest absolute Gasteiger partial charge is 0.186 e. The molecule has 0 bridgehead atoms. The minimum atomic E-state index is 0.107. The second kappa shape index (κ2) is 6.00. The topological polar surface area (TPSA) is 45.6 Å². The van der Waals surface area contributed by atoms with Crippen LogP contribution in [0.25, 0.3) is 0 Å². The number of morpholine rings is 1. The van der Waals surface area contributed by atoms with Gasteiger partial charge in [0.25, 0.3) is 0 Å². The third-order valence-electron chi connectivity index (χ3n) is 4.67.